The molecule has 6 aliphatic rings. The first-order valence-corrected chi connectivity index (χ1v) is 16.3. The van der Waals surface area contributed by atoms with E-state index in [4.69, 9.17) is 0 Å². The van der Waals surface area contributed by atoms with Crippen LogP contribution in [0.2, 0.25) is 0 Å². The van der Waals surface area contributed by atoms with Gasteiger partial charge in [0.1, 0.15) is 11.5 Å². The lowest BCUT2D eigenvalue weighted by atomic mass is 9.55. The van der Waals surface area contributed by atoms with Crippen molar-refractivity contribution in [3.05, 3.63) is 46.5 Å². The SMILES string of the molecule is C[C@]12CC[C@@H]3c4cc(-c5cc6c(cc5O)CC[C@@H]5[C@@H]6CC[C@]6(C)[C@@H](O)CC[C@@H]56)c(O)cc4CC[C@H]3[C@@H]1CC[C@@H]2O. The van der Waals surface area contributed by atoms with Crippen molar-refractivity contribution >= 4 is 0 Å². The molecule has 214 valence electrons. The summed E-state index contributed by atoms with van der Waals surface area (Å²) in [6.45, 7) is 4.64. The van der Waals surface area contributed by atoms with Crippen molar-refractivity contribution in [2.45, 2.75) is 115 Å². The lowest BCUT2D eigenvalue weighted by molar-refractivity contribution is -0.0226. The number of aromatic hydroxyl groups is 2. The van der Waals surface area contributed by atoms with Crippen LogP contribution in [0.3, 0.4) is 0 Å². The van der Waals surface area contributed by atoms with Crippen molar-refractivity contribution < 1.29 is 20.4 Å². The third-order valence-electron chi connectivity index (χ3n) is 13.9. The van der Waals surface area contributed by atoms with E-state index in [1.807, 2.05) is 12.1 Å². The van der Waals surface area contributed by atoms with Gasteiger partial charge in [0.05, 0.1) is 12.2 Å². The summed E-state index contributed by atoms with van der Waals surface area (Å²) in [7, 11) is 0. The number of aliphatic hydroxyl groups is 2. The summed E-state index contributed by atoms with van der Waals surface area (Å²) < 4.78 is 0. The van der Waals surface area contributed by atoms with Crippen molar-refractivity contribution in [2.75, 3.05) is 0 Å². The Bertz CT molecular complexity index is 1260. The molecule has 0 saturated heterocycles. The molecule has 0 aromatic heterocycles. The molecule has 4 fully saturated rings. The molecule has 2 aromatic carbocycles. The van der Waals surface area contributed by atoms with Gasteiger partial charge in [0.25, 0.3) is 0 Å². The molecular formula is C36H46O4. The fraction of sp³-hybridized carbons (Fsp3) is 0.667. The van der Waals surface area contributed by atoms with E-state index in [1.54, 1.807) is 0 Å². The number of hydrogen-bond acceptors (Lipinski definition) is 4. The van der Waals surface area contributed by atoms with Crippen LogP contribution in [-0.4, -0.2) is 32.6 Å². The Balaban J connectivity index is 1.17. The molecule has 0 amide bonds. The normalized spacial score (nSPS) is 43.2. The van der Waals surface area contributed by atoms with E-state index in [0.717, 1.165) is 88.2 Å². The van der Waals surface area contributed by atoms with E-state index in [9.17, 15) is 20.4 Å². The second kappa shape index (κ2) is 8.74. The summed E-state index contributed by atoms with van der Waals surface area (Å²) in [4.78, 5) is 0. The molecule has 4 heteroatoms. The maximum atomic E-state index is 11.3. The van der Waals surface area contributed by atoms with Gasteiger partial charge in [-0.25, -0.2) is 0 Å². The summed E-state index contributed by atoms with van der Waals surface area (Å²) in [5.41, 5.74) is 6.94. The van der Waals surface area contributed by atoms with Gasteiger partial charge >= 0.3 is 0 Å². The van der Waals surface area contributed by atoms with Gasteiger partial charge in [-0.05, 0) is 170 Å². The highest BCUT2D eigenvalue weighted by Crippen LogP contribution is 2.63. The molecule has 40 heavy (non-hydrogen) atoms. The van der Waals surface area contributed by atoms with E-state index in [2.05, 4.69) is 26.0 Å². The van der Waals surface area contributed by atoms with Crippen molar-refractivity contribution in [3.63, 3.8) is 0 Å². The predicted octanol–water partition coefficient (Wildman–Crippen LogP) is 7.20. The molecule has 0 aliphatic heterocycles. The van der Waals surface area contributed by atoms with Gasteiger partial charge in [-0.1, -0.05) is 13.8 Å². The third kappa shape index (κ3) is 3.38. The van der Waals surface area contributed by atoms with Gasteiger partial charge < -0.3 is 20.4 Å². The first kappa shape index (κ1) is 25.7. The standard InChI is InChI=1S/C36H46O4/c1-35-13-11-21-23(29(35)7-9-33(35)39)5-3-19-15-31(37)27(17-25(19)21)28-18-26-20(16-32(28)38)4-6-24-22(26)12-14-36(2)30(24)8-10-34(36)40/h15-18,21-24,29-30,33-34,37-40H,3-14H2,1-2H3/t21-,22-,23+,24+,29-,30-,33-,34-,35-,36-/m0/s1. The van der Waals surface area contributed by atoms with Crippen LogP contribution >= 0.6 is 0 Å². The van der Waals surface area contributed by atoms with E-state index in [-0.39, 0.29) is 34.5 Å². The van der Waals surface area contributed by atoms with Crippen molar-refractivity contribution in [2.24, 2.45) is 34.5 Å². The Labute approximate surface area is 238 Å². The summed E-state index contributed by atoms with van der Waals surface area (Å²) in [6, 6.07) is 8.43. The zero-order valence-corrected chi connectivity index (χ0v) is 24.2. The van der Waals surface area contributed by atoms with Gasteiger partial charge in [-0.2, -0.15) is 0 Å². The summed E-state index contributed by atoms with van der Waals surface area (Å²) >= 11 is 0. The van der Waals surface area contributed by atoms with Crippen molar-refractivity contribution in [3.8, 4) is 22.6 Å². The number of phenolic OH excluding ortho intramolecular Hbond substituents is 2. The second-order valence-corrected chi connectivity index (χ2v) is 15.2. The minimum atomic E-state index is -0.170. The molecule has 6 aliphatic carbocycles. The molecular weight excluding hydrogens is 496 g/mol. The molecule has 0 heterocycles. The molecule has 4 N–H and O–H groups in total. The maximum Gasteiger partial charge on any atom is 0.123 e. The Morgan fingerprint density at radius 2 is 1.00 bits per heavy atom. The lowest BCUT2D eigenvalue weighted by Crippen LogP contribution is -2.44. The number of rotatable bonds is 1. The van der Waals surface area contributed by atoms with Crippen molar-refractivity contribution in [1.82, 2.24) is 0 Å². The molecule has 2 aromatic rings. The van der Waals surface area contributed by atoms with Crippen LogP contribution < -0.4 is 0 Å². The smallest absolute Gasteiger partial charge is 0.123 e. The Morgan fingerprint density at radius 1 is 0.575 bits per heavy atom. The highest BCUT2D eigenvalue weighted by molar-refractivity contribution is 5.78. The molecule has 0 bridgehead atoms. The van der Waals surface area contributed by atoms with Crippen LogP contribution in [0.1, 0.15) is 112 Å². The third-order valence-corrected chi connectivity index (χ3v) is 13.9. The first-order chi connectivity index (χ1) is 19.2. The van der Waals surface area contributed by atoms with E-state index >= 15 is 0 Å². The largest absolute Gasteiger partial charge is 0.507 e. The fourth-order valence-electron chi connectivity index (χ4n) is 11.6. The molecule has 0 radical (unpaired) electrons. The van der Waals surface area contributed by atoms with Gasteiger partial charge in [0, 0.05) is 11.1 Å². The van der Waals surface area contributed by atoms with Crippen LogP contribution in [0.15, 0.2) is 24.3 Å². The molecule has 4 saturated carbocycles. The first-order valence-electron chi connectivity index (χ1n) is 16.3. The highest BCUT2D eigenvalue weighted by Gasteiger charge is 2.56. The maximum absolute atomic E-state index is 11.3. The summed E-state index contributed by atoms with van der Waals surface area (Å²) in [5, 5.41) is 44.3. The van der Waals surface area contributed by atoms with Gasteiger partial charge in [0.15, 0.2) is 0 Å². The van der Waals surface area contributed by atoms with Gasteiger partial charge in [-0.3, -0.25) is 0 Å². The Hall–Kier alpha value is -2.04. The summed E-state index contributed by atoms with van der Waals surface area (Å²) in [5.74, 6) is 3.85. The van der Waals surface area contributed by atoms with Crippen LogP contribution in [0.5, 0.6) is 11.5 Å². The van der Waals surface area contributed by atoms with E-state index < -0.39 is 0 Å². The van der Waals surface area contributed by atoms with Crippen molar-refractivity contribution in [1.29, 1.82) is 0 Å². The molecule has 4 nitrogen and oxygen atoms in total. The van der Waals surface area contributed by atoms with E-state index in [1.165, 1.54) is 22.3 Å². The predicted molar refractivity (Wildman–Crippen MR) is 156 cm³/mol. The number of phenols is 2. The van der Waals surface area contributed by atoms with Crippen LogP contribution in [0, 0.1) is 34.5 Å². The average Bonchev–Trinajstić information content (AvgIpc) is 3.42. The zero-order valence-electron chi connectivity index (χ0n) is 24.2. The molecule has 0 unspecified atom stereocenters. The Kier molecular flexibility index (Phi) is 5.60. The number of fused-ring (bicyclic) bond motifs is 10. The zero-order chi connectivity index (χ0) is 27.6. The minimum absolute atomic E-state index is 0.0527. The second-order valence-electron chi connectivity index (χ2n) is 15.2. The molecule has 10 atom stereocenters. The van der Waals surface area contributed by atoms with E-state index in [0.29, 0.717) is 35.5 Å². The lowest BCUT2D eigenvalue weighted by Gasteiger charge is -2.50. The fourth-order valence-corrected chi connectivity index (χ4v) is 11.6. The minimum Gasteiger partial charge on any atom is -0.507 e. The Morgan fingerprint density at radius 3 is 1.43 bits per heavy atom. The van der Waals surface area contributed by atoms with Crippen LogP contribution in [0.4, 0.5) is 0 Å². The quantitative estimate of drug-likeness (QED) is 0.307. The number of aryl methyl sites for hydroxylation is 2. The summed E-state index contributed by atoms with van der Waals surface area (Å²) in [6.07, 6.45) is 12.4. The number of hydrogen-bond donors (Lipinski definition) is 4. The highest BCUT2D eigenvalue weighted by atomic mass is 16.3. The monoisotopic (exact) mass is 542 g/mol. The van der Waals surface area contributed by atoms with Gasteiger partial charge in [0.2, 0.25) is 0 Å². The van der Waals surface area contributed by atoms with Crippen LogP contribution in [0.25, 0.3) is 11.1 Å². The number of aliphatic hydroxyl groups excluding tert-OH is 2. The topological polar surface area (TPSA) is 80.9 Å². The van der Waals surface area contributed by atoms with Crippen LogP contribution in [-0.2, 0) is 12.8 Å². The molecule has 8 rings (SSSR count). The molecule has 0 spiro atoms. The number of benzene rings is 2. The average molecular weight is 543 g/mol. The van der Waals surface area contributed by atoms with Gasteiger partial charge in [-0.15, -0.1) is 0 Å².